The van der Waals surface area contributed by atoms with Gasteiger partial charge in [-0.05, 0) is 27.3 Å². The van der Waals surface area contributed by atoms with E-state index in [9.17, 15) is 0 Å². The van der Waals surface area contributed by atoms with E-state index in [0.29, 0.717) is 24.3 Å². The molecule has 20 heavy (non-hydrogen) atoms. The molecule has 3 fully saturated rings. The van der Waals surface area contributed by atoms with Crippen LogP contribution in [0.3, 0.4) is 0 Å². The third-order valence-electron chi connectivity index (χ3n) is 4.92. The van der Waals surface area contributed by atoms with Crippen molar-refractivity contribution in [2.45, 2.75) is 63.2 Å². The molecule has 2 aliphatic heterocycles. The number of nitrogens with zero attached hydrogens (tertiary/aromatic N) is 1. The van der Waals surface area contributed by atoms with Crippen LogP contribution in [0.15, 0.2) is 0 Å². The van der Waals surface area contributed by atoms with Gasteiger partial charge in [-0.3, -0.25) is 4.90 Å². The lowest BCUT2D eigenvalue weighted by atomic mass is 9.84. The van der Waals surface area contributed by atoms with Crippen LogP contribution in [0.25, 0.3) is 0 Å². The summed E-state index contributed by atoms with van der Waals surface area (Å²) in [5, 5.41) is 3.49. The largest absolute Gasteiger partial charge is 0.373 e. The average molecular weight is 284 g/mol. The fraction of sp³-hybridized carbons (Fsp3) is 1.00. The summed E-state index contributed by atoms with van der Waals surface area (Å²) < 4.78 is 17.8. The summed E-state index contributed by atoms with van der Waals surface area (Å²) in [6, 6.07) is 0.992. The molecule has 1 N–H and O–H groups in total. The Morgan fingerprint density at radius 2 is 1.75 bits per heavy atom. The van der Waals surface area contributed by atoms with Gasteiger partial charge in [-0.25, -0.2) is 0 Å². The number of rotatable bonds is 2. The molecule has 0 aromatic rings. The first-order valence-electron chi connectivity index (χ1n) is 7.96. The Bertz CT molecular complexity index is 323. The van der Waals surface area contributed by atoms with Crippen LogP contribution in [0.2, 0.25) is 0 Å². The topological polar surface area (TPSA) is 43.0 Å². The first-order chi connectivity index (χ1) is 9.62. The lowest BCUT2D eigenvalue weighted by molar-refractivity contribution is -0.200. The third-order valence-corrected chi connectivity index (χ3v) is 4.92. The standard InChI is InChI=1S/C15H28N2O3/c1-11-9-17(10-12(2)20-11)14-8-15(18-6-7-19-15)5-4-13(14)16-3/h11-14,16H,4-10H2,1-3H3/t11-,12+,13?,14?. The van der Waals surface area contributed by atoms with Crippen molar-refractivity contribution in [1.29, 1.82) is 0 Å². The van der Waals surface area contributed by atoms with Gasteiger partial charge in [-0.2, -0.15) is 0 Å². The second kappa shape index (κ2) is 5.89. The van der Waals surface area contributed by atoms with Crippen LogP contribution >= 0.6 is 0 Å². The smallest absolute Gasteiger partial charge is 0.170 e. The molecule has 3 rings (SSSR count). The Hall–Kier alpha value is -0.200. The third kappa shape index (κ3) is 2.88. The van der Waals surface area contributed by atoms with Gasteiger partial charge in [-0.1, -0.05) is 0 Å². The molecule has 5 heteroatoms. The van der Waals surface area contributed by atoms with Gasteiger partial charge in [0.1, 0.15) is 0 Å². The zero-order valence-corrected chi connectivity index (χ0v) is 12.9. The second-order valence-electron chi connectivity index (χ2n) is 6.52. The number of ether oxygens (including phenoxy) is 3. The van der Waals surface area contributed by atoms with Crippen molar-refractivity contribution in [2.75, 3.05) is 33.4 Å². The van der Waals surface area contributed by atoms with E-state index in [2.05, 4.69) is 31.1 Å². The molecule has 0 aromatic carbocycles. The maximum absolute atomic E-state index is 5.94. The van der Waals surface area contributed by atoms with Crippen LogP contribution < -0.4 is 5.32 Å². The fourth-order valence-corrected chi connectivity index (χ4v) is 4.10. The number of hydrogen-bond donors (Lipinski definition) is 1. The molecule has 5 nitrogen and oxygen atoms in total. The van der Waals surface area contributed by atoms with Crippen molar-refractivity contribution in [2.24, 2.45) is 0 Å². The summed E-state index contributed by atoms with van der Waals surface area (Å²) in [4.78, 5) is 2.58. The number of hydrogen-bond acceptors (Lipinski definition) is 5. The molecule has 2 heterocycles. The molecule has 116 valence electrons. The van der Waals surface area contributed by atoms with Crippen molar-refractivity contribution >= 4 is 0 Å². The minimum atomic E-state index is -0.317. The maximum Gasteiger partial charge on any atom is 0.170 e. The molecule has 2 unspecified atom stereocenters. The quantitative estimate of drug-likeness (QED) is 0.819. The van der Waals surface area contributed by atoms with Crippen molar-refractivity contribution in [3.05, 3.63) is 0 Å². The Morgan fingerprint density at radius 3 is 2.35 bits per heavy atom. The average Bonchev–Trinajstić information content (AvgIpc) is 2.86. The fourth-order valence-electron chi connectivity index (χ4n) is 4.10. The van der Waals surface area contributed by atoms with Crippen molar-refractivity contribution in [1.82, 2.24) is 10.2 Å². The molecule has 1 aliphatic carbocycles. The summed E-state index contributed by atoms with van der Waals surface area (Å²) in [5.41, 5.74) is 0. The molecular weight excluding hydrogens is 256 g/mol. The number of morpholine rings is 1. The molecular formula is C15H28N2O3. The van der Waals surface area contributed by atoms with Gasteiger partial charge >= 0.3 is 0 Å². The Labute approximate surface area is 121 Å². The highest BCUT2D eigenvalue weighted by atomic mass is 16.7. The zero-order chi connectivity index (χ0) is 14.2. The van der Waals surface area contributed by atoms with E-state index in [1.54, 1.807) is 0 Å². The normalized spacial score (nSPS) is 42.1. The number of nitrogens with one attached hydrogen (secondary N) is 1. The summed E-state index contributed by atoms with van der Waals surface area (Å²) in [6.45, 7) is 7.82. The van der Waals surface area contributed by atoms with E-state index in [1.807, 2.05) is 0 Å². The Morgan fingerprint density at radius 1 is 1.10 bits per heavy atom. The van der Waals surface area contributed by atoms with Gasteiger partial charge in [-0.15, -0.1) is 0 Å². The molecule has 1 saturated carbocycles. The van der Waals surface area contributed by atoms with Crippen molar-refractivity contribution in [3.63, 3.8) is 0 Å². The van der Waals surface area contributed by atoms with Gasteiger partial charge in [0.25, 0.3) is 0 Å². The van der Waals surface area contributed by atoms with E-state index in [1.165, 1.54) is 0 Å². The lowest BCUT2D eigenvalue weighted by Gasteiger charge is -2.48. The second-order valence-corrected chi connectivity index (χ2v) is 6.52. The van der Waals surface area contributed by atoms with Gasteiger partial charge in [0.15, 0.2) is 5.79 Å². The van der Waals surface area contributed by atoms with Gasteiger partial charge in [0.2, 0.25) is 0 Å². The highest BCUT2D eigenvalue weighted by Crippen LogP contribution is 2.38. The molecule has 1 spiro atoms. The molecule has 0 bridgehead atoms. The molecule has 0 aromatic heterocycles. The predicted molar refractivity (Wildman–Crippen MR) is 76.7 cm³/mol. The minimum absolute atomic E-state index is 0.305. The van der Waals surface area contributed by atoms with Gasteiger partial charge < -0.3 is 19.5 Å². The van der Waals surface area contributed by atoms with Gasteiger partial charge in [0.05, 0.1) is 25.4 Å². The van der Waals surface area contributed by atoms with E-state index in [0.717, 1.165) is 45.6 Å². The highest BCUT2D eigenvalue weighted by molar-refractivity contribution is 4.97. The molecule has 0 radical (unpaired) electrons. The van der Waals surface area contributed by atoms with Crippen molar-refractivity contribution < 1.29 is 14.2 Å². The summed E-state index contributed by atoms with van der Waals surface area (Å²) in [5.74, 6) is -0.317. The molecule has 0 amide bonds. The maximum atomic E-state index is 5.94. The van der Waals surface area contributed by atoms with Crippen LogP contribution in [-0.4, -0.2) is 68.3 Å². The molecule has 3 aliphatic rings. The summed E-state index contributed by atoms with van der Waals surface area (Å²) in [6.07, 6.45) is 3.70. The van der Waals surface area contributed by atoms with Crippen LogP contribution in [0.5, 0.6) is 0 Å². The first-order valence-corrected chi connectivity index (χ1v) is 7.96. The summed E-state index contributed by atoms with van der Waals surface area (Å²) >= 11 is 0. The minimum Gasteiger partial charge on any atom is -0.373 e. The van der Waals surface area contributed by atoms with E-state index in [4.69, 9.17) is 14.2 Å². The monoisotopic (exact) mass is 284 g/mol. The number of likely N-dealkylation sites (N-methyl/N-ethyl adjacent to an activating group) is 1. The molecule has 2 saturated heterocycles. The lowest BCUT2D eigenvalue weighted by Crippen LogP contribution is -2.61. The van der Waals surface area contributed by atoms with Crippen LogP contribution in [0.4, 0.5) is 0 Å². The van der Waals surface area contributed by atoms with E-state index < -0.39 is 0 Å². The van der Waals surface area contributed by atoms with Crippen LogP contribution in [0, 0.1) is 0 Å². The van der Waals surface area contributed by atoms with Crippen LogP contribution in [-0.2, 0) is 14.2 Å². The summed E-state index contributed by atoms with van der Waals surface area (Å²) in [7, 11) is 2.07. The van der Waals surface area contributed by atoms with E-state index >= 15 is 0 Å². The molecule has 4 atom stereocenters. The predicted octanol–water partition coefficient (Wildman–Crippen LogP) is 0.979. The van der Waals surface area contributed by atoms with Gasteiger partial charge in [0, 0.05) is 38.0 Å². The van der Waals surface area contributed by atoms with E-state index in [-0.39, 0.29) is 5.79 Å². The zero-order valence-electron chi connectivity index (χ0n) is 12.9. The SMILES string of the molecule is CNC1CCC2(CC1N1C[C@@H](C)O[C@@H](C)C1)OCCO2. The first kappa shape index (κ1) is 14.7. The van der Waals surface area contributed by atoms with Crippen molar-refractivity contribution in [3.8, 4) is 0 Å². The van der Waals surface area contributed by atoms with Crippen LogP contribution in [0.1, 0.15) is 33.1 Å². The highest BCUT2D eigenvalue weighted by Gasteiger charge is 2.47. The Kier molecular flexibility index (Phi) is 4.34. The Balaban J connectivity index is 1.73.